The summed E-state index contributed by atoms with van der Waals surface area (Å²) in [6.07, 6.45) is 6.62. The molecule has 0 aliphatic carbocycles. The Labute approximate surface area is 192 Å². The Morgan fingerprint density at radius 2 is 1.97 bits per heavy atom. The van der Waals surface area contributed by atoms with E-state index in [1.165, 1.54) is 0 Å². The first kappa shape index (κ1) is 21.4. The van der Waals surface area contributed by atoms with E-state index in [4.69, 9.17) is 5.73 Å². The van der Waals surface area contributed by atoms with Crippen molar-refractivity contribution in [2.24, 2.45) is 0 Å². The number of carbonyl (C=O) groups is 1. The number of nitrogen functional groups attached to an aromatic ring is 1. The molecule has 33 heavy (non-hydrogen) atoms. The molecule has 2 saturated heterocycles. The van der Waals surface area contributed by atoms with Gasteiger partial charge in [-0.3, -0.25) is 19.5 Å². The van der Waals surface area contributed by atoms with Gasteiger partial charge >= 0.3 is 0 Å². The Kier molecular flexibility index (Phi) is 5.72. The van der Waals surface area contributed by atoms with Gasteiger partial charge in [0.1, 0.15) is 5.69 Å². The topological polar surface area (TPSA) is 120 Å². The first-order valence-electron chi connectivity index (χ1n) is 11.5. The number of fused-ring (bicyclic) bond motifs is 1. The van der Waals surface area contributed by atoms with Crippen LogP contribution in [0, 0.1) is 0 Å². The highest BCUT2D eigenvalue weighted by Gasteiger charge is 2.32. The summed E-state index contributed by atoms with van der Waals surface area (Å²) < 4.78 is 0. The highest BCUT2D eigenvalue weighted by Crippen LogP contribution is 2.31. The van der Waals surface area contributed by atoms with Crippen LogP contribution in [0.25, 0.3) is 10.9 Å². The fraction of sp³-hybridized carbons (Fsp3) is 0.417. The van der Waals surface area contributed by atoms with Crippen LogP contribution in [0.15, 0.2) is 41.5 Å². The Bertz CT molecular complexity index is 1220. The van der Waals surface area contributed by atoms with Gasteiger partial charge in [-0.1, -0.05) is 0 Å². The van der Waals surface area contributed by atoms with Gasteiger partial charge in [-0.2, -0.15) is 0 Å². The number of nitrogens with one attached hydrogen (secondary N) is 2. The number of likely N-dealkylation sites (tertiary alicyclic amines) is 1. The molecule has 1 atom stereocenters. The molecule has 3 aromatic heterocycles. The van der Waals surface area contributed by atoms with Gasteiger partial charge in [0.15, 0.2) is 0 Å². The average molecular weight is 448 g/mol. The van der Waals surface area contributed by atoms with Crippen molar-refractivity contribution >= 4 is 28.2 Å². The molecule has 1 amide bonds. The van der Waals surface area contributed by atoms with Crippen LogP contribution in [-0.4, -0.2) is 65.0 Å². The second-order valence-electron chi connectivity index (χ2n) is 8.89. The molecule has 2 fully saturated rings. The number of rotatable bonds is 4. The maximum absolute atomic E-state index is 12.6. The van der Waals surface area contributed by atoms with Crippen LogP contribution in [0.4, 0.5) is 11.4 Å². The minimum Gasteiger partial charge on any atom is -0.398 e. The van der Waals surface area contributed by atoms with E-state index in [1.807, 2.05) is 12.1 Å². The summed E-state index contributed by atoms with van der Waals surface area (Å²) in [5.74, 6) is 0.126. The summed E-state index contributed by atoms with van der Waals surface area (Å²) in [5, 5.41) is 3.07. The van der Waals surface area contributed by atoms with Gasteiger partial charge in [-0.15, -0.1) is 0 Å². The summed E-state index contributed by atoms with van der Waals surface area (Å²) in [5.41, 5.74) is 9.38. The van der Waals surface area contributed by atoms with Crippen LogP contribution in [0.1, 0.15) is 41.4 Å². The molecular weight excluding hydrogens is 418 g/mol. The van der Waals surface area contributed by atoms with E-state index < -0.39 is 0 Å². The van der Waals surface area contributed by atoms with Crippen molar-refractivity contribution in [1.29, 1.82) is 0 Å². The third kappa shape index (κ3) is 4.16. The Morgan fingerprint density at radius 1 is 1.15 bits per heavy atom. The summed E-state index contributed by atoms with van der Waals surface area (Å²) in [6.45, 7) is 3.89. The number of amides is 1. The molecule has 3 aromatic rings. The molecule has 5 rings (SSSR count). The van der Waals surface area contributed by atoms with Crippen LogP contribution in [0.2, 0.25) is 0 Å². The quantitative estimate of drug-likeness (QED) is 0.557. The van der Waals surface area contributed by atoms with Crippen LogP contribution in [0.5, 0.6) is 0 Å². The molecule has 5 heterocycles. The fourth-order valence-electron chi connectivity index (χ4n) is 5.14. The summed E-state index contributed by atoms with van der Waals surface area (Å²) >= 11 is 0. The fourth-order valence-corrected chi connectivity index (χ4v) is 5.14. The molecule has 2 aliphatic heterocycles. The van der Waals surface area contributed by atoms with Crippen LogP contribution in [0.3, 0.4) is 0 Å². The van der Waals surface area contributed by atoms with E-state index in [2.05, 4.69) is 30.1 Å². The van der Waals surface area contributed by atoms with Gasteiger partial charge in [-0.25, -0.2) is 4.98 Å². The molecule has 9 heteroatoms. The van der Waals surface area contributed by atoms with Crippen molar-refractivity contribution in [3.8, 4) is 0 Å². The zero-order valence-electron chi connectivity index (χ0n) is 18.8. The molecule has 0 bridgehead atoms. The maximum atomic E-state index is 12.6. The number of carbonyl (C=O) groups excluding carboxylic acids is 1. The third-order valence-corrected chi connectivity index (χ3v) is 7.00. The number of aromatic amines is 1. The maximum Gasteiger partial charge on any atom is 0.269 e. The largest absolute Gasteiger partial charge is 0.398 e. The van der Waals surface area contributed by atoms with E-state index >= 15 is 0 Å². The molecule has 0 radical (unpaired) electrons. The zero-order valence-corrected chi connectivity index (χ0v) is 18.8. The van der Waals surface area contributed by atoms with Crippen molar-refractivity contribution in [2.75, 3.05) is 43.9 Å². The average Bonchev–Trinajstić information content (AvgIpc) is 3.34. The van der Waals surface area contributed by atoms with Gasteiger partial charge in [0.05, 0.1) is 22.8 Å². The number of hydrogen-bond acceptors (Lipinski definition) is 7. The van der Waals surface area contributed by atoms with Gasteiger partial charge in [0.2, 0.25) is 0 Å². The van der Waals surface area contributed by atoms with Crippen molar-refractivity contribution in [3.05, 3.63) is 58.4 Å². The Morgan fingerprint density at radius 3 is 2.70 bits per heavy atom. The lowest BCUT2D eigenvalue weighted by atomic mass is 10.0. The molecule has 172 valence electrons. The highest BCUT2D eigenvalue weighted by atomic mass is 16.1. The molecule has 0 saturated carbocycles. The van der Waals surface area contributed by atoms with Crippen LogP contribution >= 0.6 is 0 Å². The molecule has 1 unspecified atom stereocenters. The number of piperidine rings is 1. The number of pyridine rings is 3. The summed E-state index contributed by atoms with van der Waals surface area (Å²) in [6, 6.07) is 7.93. The van der Waals surface area contributed by atoms with Gasteiger partial charge in [0.25, 0.3) is 11.5 Å². The Hall–Kier alpha value is -3.46. The molecule has 2 aliphatic rings. The van der Waals surface area contributed by atoms with E-state index in [1.54, 1.807) is 31.6 Å². The van der Waals surface area contributed by atoms with Crippen LogP contribution < -0.4 is 21.5 Å². The molecule has 0 aromatic carbocycles. The van der Waals surface area contributed by atoms with Crippen molar-refractivity contribution < 1.29 is 4.79 Å². The van der Waals surface area contributed by atoms with Crippen molar-refractivity contribution in [2.45, 2.75) is 31.2 Å². The number of H-pyrrole nitrogens is 1. The summed E-state index contributed by atoms with van der Waals surface area (Å²) in [4.78, 5) is 40.9. The lowest BCUT2D eigenvalue weighted by Gasteiger charge is -2.37. The monoisotopic (exact) mass is 447 g/mol. The van der Waals surface area contributed by atoms with Gasteiger partial charge in [-0.05, 0) is 50.1 Å². The second kappa shape index (κ2) is 8.82. The first-order chi connectivity index (χ1) is 16.0. The molecule has 4 N–H and O–H groups in total. The van der Waals surface area contributed by atoms with E-state index in [0.29, 0.717) is 34.2 Å². The smallest absolute Gasteiger partial charge is 0.269 e. The van der Waals surface area contributed by atoms with Gasteiger partial charge in [0, 0.05) is 56.2 Å². The SMILES string of the molecule is CNC(=O)c1ccc(N2CCC(N3CCC(c4cc5nccc(N)c5c(=O)[nH]4)C3)CC2)cn1. The normalized spacial score (nSPS) is 19.8. The van der Waals surface area contributed by atoms with Crippen molar-refractivity contribution in [1.82, 2.24) is 25.2 Å². The molecule has 0 spiro atoms. The van der Waals surface area contributed by atoms with Crippen molar-refractivity contribution in [3.63, 3.8) is 0 Å². The number of hydrogen-bond donors (Lipinski definition) is 3. The lowest BCUT2D eigenvalue weighted by Crippen LogP contribution is -2.44. The zero-order chi connectivity index (χ0) is 22.9. The molecular formula is C24H29N7O2. The Balaban J connectivity index is 1.21. The predicted octanol–water partition coefficient (Wildman–Crippen LogP) is 1.72. The number of anilines is 2. The van der Waals surface area contributed by atoms with E-state index in [-0.39, 0.29) is 11.5 Å². The predicted molar refractivity (Wildman–Crippen MR) is 129 cm³/mol. The minimum atomic E-state index is -0.171. The van der Waals surface area contributed by atoms with Crippen LogP contribution in [-0.2, 0) is 0 Å². The standard InChI is InChI=1S/C24H29N7O2/c1-26-23(32)19-3-2-17(13-28-19)30-10-6-16(7-11-30)31-9-5-15(14-31)20-12-21-22(24(33)29-20)18(25)4-8-27-21/h2-4,8,12-13,15-16H,5-7,9-11,14H2,1H3,(H2,25,27)(H,26,32)(H,29,33). The number of nitrogens with zero attached hydrogens (tertiary/aromatic N) is 4. The molecule has 9 nitrogen and oxygen atoms in total. The third-order valence-electron chi connectivity index (χ3n) is 7.00. The minimum absolute atomic E-state index is 0.157. The van der Waals surface area contributed by atoms with E-state index in [0.717, 1.165) is 56.8 Å². The first-order valence-corrected chi connectivity index (χ1v) is 11.5. The lowest BCUT2D eigenvalue weighted by molar-refractivity contribution is 0.0958. The van der Waals surface area contributed by atoms with E-state index in [9.17, 15) is 9.59 Å². The second-order valence-corrected chi connectivity index (χ2v) is 8.89. The highest BCUT2D eigenvalue weighted by molar-refractivity contribution is 5.92. The van der Waals surface area contributed by atoms with Gasteiger partial charge < -0.3 is 20.9 Å². The summed E-state index contributed by atoms with van der Waals surface area (Å²) in [7, 11) is 1.61. The number of nitrogens with two attached hydrogens (primary N) is 1. The number of aromatic nitrogens is 3.